The first kappa shape index (κ1) is 13.5. The summed E-state index contributed by atoms with van der Waals surface area (Å²) >= 11 is 0. The summed E-state index contributed by atoms with van der Waals surface area (Å²) < 4.78 is 0. The van der Waals surface area contributed by atoms with Crippen molar-refractivity contribution >= 4 is 11.6 Å². The lowest BCUT2D eigenvalue weighted by molar-refractivity contribution is -0.132. The molecule has 102 valence electrons. The normalized spacial score (nSPS) is 18.1. The third-order valence-electron chi connectivity index (χ3n) is 2.86. The maximum atomic E-state index is 11.8. The molecule has 1 amide bonds. The van der Waals surface area contributed by atoms with Crippen molar-refractivity contribution < 1.29 is 19.8 Å². The Hall–Kier alpha value is -1.92. The monoisotopic (exact) mass is 264 g/mol. The van der Waals surface area contributed by atoms with Gasteiger partial charge in [0.15, 0.2) is 0 Å². The third-order valence-corrected chi connectivity index (χ3v) is 2.86. The Kier molecular flexibility index (Phi) is 4.48. The first-order valence-corrected chi connectivity index (χ1v) is 6.04. The number of nitrogens with zero attached hydrogens (tertiary/aromatic N) is 1. The number of hydrogen-bond acceptors (Lipinski definition) is 5. The first-order chi connectivity index (χ1) is 9.24. The lowest BCUT2D eigenvalue weighted by atomic mass is 10.0. The number of oxime groups is 1. The number of aliphatic hydroxyl groups is 2. The van der Waals surface area contributed by atoms with E-state index in [1.54, 1.807) is 0 Å². The van der Waals surface area contributed by atoms with E-state index < -0.39 is 12.1 Å². The standard InChI is InChI=1S/C13H16N2O4/c16-7-10(8-17)14-13(18)12-6-11(15-19-12)9-4-2-1-3-5-9/h1-5,10,12,16-17H,6-8H2,(H,14,18). The van der Waals surface area contributed by atoms with Gasteiger partial charge in [-0.3, -0.25) is 4.79 Å². The number of benzene rings is 1. The molecule has 0 bridgehead atoms. The van der Waals surface area contributed by atoms with Crippen LogP contribution in [0.2, 0.25) is 0 Å². The Bertz CT molecular complexity index is 457. The molecule has 1 aliphatic rings. The molecule has 6 heteroatoms. The van der Waals surface area contributed by atoms with Gasteiger partial charge in [-0.25, -0.2) is 0 Å². The van der Waals surface area contributed by atoms with Crippen molar-refractivity contribution in [2.24, 2.45) is 5.16 Å². The molecule has 0 saturated carbocycles. The molecule has 0 radical (unpaired) electrons. The van der Waals surface area contributed by atoms with Gasteiger partial charge in [-0.1, -0.05) is 35.5 Å². The summed E-state index contributed by atoms with van der Waals surface area (Å²) in [5, 5.41) is 24.2. The van der Waals surface area contributed by atoms with Crippen LogP contribution in [0.15, 0.2) is 35.5 Å². The molecule has 19 heavy (non-hydrogen) atoms. The minimum atomic E-state index is -0.712. The van der Waals surface area contributed by atoms with Crippen LogP contribution in [-0.2, 0) is 9.63 Å². The fourth-order valence-corrected chi connectivity index (χ4v) is 1.76. The van der Waals surface area contributed by atoms with Gasteiger partial charge in [-0.05, 0) is 5.56 Å². The zero-order valence-electron chi connectivity index (χ0n) is 10.3. The van der Waals surface area contributed by atoms with Crippen LogP contribution in [0.5, 0.6) is 0 Å². The van der Waals surface area contributed by atoms with Crippen LogP contribution in [0.3, 0.4) is 0 Å². The van der Waals surface area contributed by atoms with Crippen LogP contribution in [0.25, 0.3) is 0 Å². The number of rotatable bonds is 5. The second-order valence-corrected chi connectivity index (χ2v) is 4.27. The Morgan fingerprint density at radius 2 is 2.05 bits per heavy atom. The van der Waals surface area contributed by atoms with E-state index in [9.17, 15) is 4.79 Å². The maximum Gasteiger partial charge on any atom is 0.264 e. The Morgan fingerprint density at radius 3 is 2.68 bits per heavy atom. The largest absolute Gasteiger partial charge is 0.394 e. The number of aliphatic hydroxyl groups excluding tert-OH is 2. The van der Waals surface area contributed by atoms with E-state index in [2.05, 4.69) is 10.5 Å². The molecular formula is C13H16N2O4. The van der Waals surface area contributed by atoms with E-state index >= 15 is 0 Å². The van der Waals surface area contributed by atoms with Crippen molar-refractivity contribution in [2.75, 3.05) is 13.2 Å². The molecule has 1 aromatic carbocycles. The van der Waals surface area contributed by atoms with E-state index in [0.29, 0.717) is 12.1 Å². The lowest BCUT2D eigenvalue weighted by Gasteiger charge is -2.15. The quantitative estimate of drug-likeness (QED) is 0.678. The summed E-state index contributed by atoms with van der Waals surface area (Å²) in [5.74, 6) is -0.386. The van der Waals surface area contributed by atoms with Crippen LogP contribution >= 0.6 is 0 Å². The van der Waals surface area contributed by atoms with Gasteiger partial charge >= 0.3 is 0 Å². The number of hydrogen-bond donors (Lipinski definition) is 3. The van der Waals surface area contributed by atoms with E-state index in [0.717, 1.165) is 5.56 Å². The van der Waals surface area contributed by atoms with Crippen molar-refractivity contribution in [1.82, 2.24) is 5.32 Å². The predicted molar refractivity (Wildman–Crippen MR) is 68.6 cm³/mol. The van der Waals surface area contributed by atoms with Gasteiger partial charge in [0.05, 0.1) is 25.0 Å². The van der Waals surface area contributed by atoms with Crippen LogP contribution in [0.4, 0.5) is 0 Å². The highest BCUT2D eigenvalue weighted by molar-refractivity contribution is 6.04. The average molecular weight is 264 g/mol. The Labute approximate surface area is 110 Å². The molecule has 1 heterocycles. The molecule has 1 unspecified atom stereocenters. The lowest BCUT2D eigenvalue weighted by Crippen LogP contribution is -2.45. The minimum absolute atomic E-state index is 0.318. The summed E-state index contributed by atoms with van der Waals surface area (Å²) in [6.07, 6.45) is -0.338. The molecule has 6 nitrogen and oxygen atoms in total. The highest BCUT2D eigenvalue weighted by atomic mass is 16.6. The summed E-state index contributed by atoms with van der Waals surface area (Å²) in [5.41, 5.74) is 1.63. The van der Waals surface area contributed by atoms with Gasteiger partial charge in [0, 0.05) is 6.42 Å². The van der Waals surface area contributed by atoms with Gasteiger partial charge in [0.2, 0.25) is 6.10 Å². The number of nitrogens with one attached hydrogen (secondary N) is 1. The van der Waals surface area contributed by atoms with Crippen molar-refractivity contribution in [3.63, 3.8) is 0 Å². The first-order valence-electron chi connectivity index (χ1n) is 6.04. The zero-order valence-corrected chi connectivity index (χ0v) is 10.3. The second kappa shape index (κ2) is 6.31. The number of carbonyl (C=O) groups excluding carboxylic acids is 1. The highest BCUT2D eigenvalue weighted by Crippen LogP contribution is 2.16. The van der Waals surface area contributed by atoms with E-state index in [4.69, 9.17) is 15.1 Å². The molecule has 0 fully saturated rings. The zero-order chi connectivity index (χ0) is 13.7. The van der Waals surface area contributed by atoms with Gasteiger partial charge < -0.3 is 20.4 Å². The Balaban J connectivity index is 1.92. The van der Waals surface area contributed by atoms with Crippen molar-refractivity contribution in [3.05, 3.63) is 35.9 Å². The van der Waals surface area contributed by atoms with Crippen molar-refractivity contribution in [1.29, 1.82) is 0 Å². The Morgan fingerprint density at radius 1 is 1.37 bits per heavy atom. The summed E-state index contributed by atoms with van der Waals surface area (Å²) in [4.78, 5) is 16.9. The van der Waals surface area contributed by atoms with E-state index in [-0.39, 0.29) is 19.1 Å². The molecule has 0 saturated heterocycles. The van der Waals surface area contributed by atoms with Gasteiger partial charge in [-0.2, -0.15) is 0 Å². The molecule has 0 aliphatic carbocycles. The summed E-state index contributed by atoms with van der Waals surface area (Å²) in [6.45, 7) is -0.636. The number of carbonyl (C=O) groups is 1. The van der Waals surface area contributed by atoms with Crippen molar-refractivity contribution in [3.8, 4) is 0 Å². The molecule has 0 spiro atoms. The van der Waals surface area contributed by atoms with Crippen LogP contribution in [0.1, 0.15) is 12.0 Å². The van der Waals surface area contributed by atoms with Crippen LogP contribution in [-0.4, -0.2) is 47.2 Å². The molecule has 1 atom stereocenters. The second-order valence-electron chi connectivity index (χ2n) is 4.27. The fourth-order valence-electron chi connectivity index (χ4n) is 1.76. The third kappa shape index (κ3) is 3.30. The topological polar surface area (TPSA) is 91.2 Å². The van der Waals surface area contributed by atoms with E-state index in [1.807, 2.05) is 30.3 Å². The fraction of sp³-hybridized carbons (Fsp3) is 0.385. The van der Waals surface area contributed by atoms with E-state index in [1.165, 1.54) is 0 Å². The molecule has 1 aromatic rings. The SMILES string of the molecule is O=C(NC(CO)CO)C1CC(c2ccccc2)=NO1. The van der Waals surface area contributed by atoms with Gasteiger partial charge in [-0.15, -0.1) is 0 Å². The summed E-state index contributed by atoms with van der Waals surface area (Å²) in [7, 11) is 0. The average Bonchev–Trinajstić information content (AvgIpc) is 2.95. The van der Waals surface area contributed by atoms with Gasteiger partial charge in [0.25, 0.3) is 5.91 Å². The summed E-state index contributed by atoms with van der Waals surface area (Å²) in [6, 6.07) is 8.80. The highest BCUT2D eigenvalue weighted by Gasteiger charge is 2.29. The minimum Gasteiger partial charge on any atom is -0.394 e. The molecular weight excluding hydrogens is 248 g/mol. The smallest absolute Gasteiger partial charge is 0.264 e. The number of amides is 1. The van der Waals surface area contributed by atoms with Crippen LogP contribution < -0.4 is 5.32 Å². The maximum absolute atomic E-state index is 11.8. The molecule has 1 aliphatic heterocycles. The van der Waals surface area contributed by atoms with Crippen molar-refractivity contribution in [2.45, 2.75) is 18.6 Å². The molecule has 3 N–H and O–H groups in total. The van der Waals surface area contributed by atoms with Gasteiger partial charge in [0.1, 0.15) is 0 Å². The van der Waals surface area contributed by atoms with Crippen LogP contribution in [0, 0.1) is 0 Å². The molecule has 0 aromatic heterocycles. The predicted octanol–water partition coefficient (Wildman–Crippen LogP) is -0.351. The molecule has 2 rings (SSSR count).